The molecule has 0 saturated heterocycles. The number of anilines is 1. The Morgan fingerprint density at radius 3 is 2.65 bits per heavy atom. The van der Waals surface area contributed by atoms with Crippen LogP contribution in [0.5, 0.6) is 5.75 Å². The number of methoxy groups -OCH3 is 2. The van der Waals surface area contributed by atoms with Gasteiger partial charge in [-0.25, -0.2) is 0 Å². The highest BCUT2D eigenvalue weighted by Gasteiger charge is 2.07. The number of hydrogen-bond donors (Lipinski definition) is 1. The van der Waals surface area contributed by atoms with Gasteiger partial charge in [0.05, 0.1) is 13.7 Å². The van der Waals surface area contributed by atoms with E-state index in [1.54, 1.807) is 38.5 Å². The zero-order valence-electron chi connectivity index (χ0n) is 11.6. The zero-order chi connectivity index (χ0) is 14.4. The van der Waals surface area contributed by atoms with Crippen LogP contribution in [0.1, 0.15) is 15.9 Å². The summed E-state index contributed by atoms with van der Waals surface area (Å²) >= 11 is 0. The van der Waals surface area contributed by atoms with Gasteiger partial charge in [-0.15, -0.1) is 0 Å². The number of benzene rings is 2. The normalized spacial score (nSPS) is 10.1. The van der Waals surface area contributed by atoms with E-state index in [0.29, 0.717) is 17.9 Å². The molecule has 0 atom stereocenters. The van der Waals surface area contributed by atoms with E-state index in [4.69, 9.17) is 9.47 Å². The smallest absolute Gasteiger partial charge is 0.255 e. The van der Waals surface area contributed by atoms with E-state index < -0.39 is 0 Å². The second kappa shape index (κ2) is 6.73. The van der Waals surface area contributed by atoms with Crippen molar-refractivity contribution in [3.8, 4) is 5.75 Å². The Kier molecular flexibility index (Phi) is 4.74. The summed E-state index contributed by atoms with van der Waals surface area (Å²) < 4.78 is 10.2. The first-order valence-electron chi connectivity index (χ1n) is 6.26. The van der Waals surface area contributed by atoms with Crippen molar-refractivity contribution in [2.24, 2.45) is 0 Å². The third kappa shape index (κ3) is 3.59. The van der Waals surface area contributed by atoms with Crippen LogP contribution in [0.3, 0.4) is 0 Å². The van der Waals surface area contributed by atoms with Gasteiger partial charge in [0.15, 0.2) is 0 Å². The molecule has 0 radical (unpaired) electrons. The topological polar surface area (TPSA) is 47.6 Å². The molecule has 2 aromatic carbocycles. The van der Waals surface area contributed by atoms with Gasteiger partial charge in [-0.05, 0) is 35.9 Å². The average molecular weight is 271 g/mol. The molecule has 20 heavy (non-hydrogen) atoms. The van der Waals surface area contributed by atoms with Crippen molar-refractivity contribution >= 4 is 11.6 Å². The van der Waals surface area contributed by atoms with Crippen LogP contribution in [0.25, 0.3) is 0 Å². The van der Waals surface area contributed by atoms with E-state index in [0.717, 1.165) is 11.3 Å². The number of amides is 1. The van der Waals surface area contributed by atoms with Crippen LogP contribution >= 0.6 is 0 Å². The molecule has 0 spiro atoms. The van der Waals surface area contributed by atoms with Crippen molar-refractivity contribution in [3.63, 3.8) is 0 Å². The van der Waals surface area contributed by atoms with Gasteiger partial charge in [0, 0.05) is 18.4 Å². The van der Waals surface area contributed by atoms with Gasteiger partial charge in [0.1, 0.15) is 5.75 Å². The maximum atomic E-state index is 12.2. The van der Waals surface area contributed by atoms with Gasteiger partial charge < -0.3 is 14.8 Å². The average Bonchev–Trinajstić information content (AvgIpc) is 2.48. The molecule has 0 aliphatic rings. The van der Waals surface area contributed by atoms with E-state index in [1.165, 1.54) is 0 Å². The van der Waals surface area contributed by atoms with Crippen molar-refractivity contribution in [2.45, 2.75) is 6.61 Å². The Balaban J connectivity index is 2.12. The lowest BCUT2D eigenvalue weighted by atomic mass is 10.1. The largest absolute Gasteiger partial charge is 0.497 e. The van der Waals surface area contributed by atoms with E-state index in [2.05, 4.69) is 5.32 Å². The molecule has 4 nitrogen and oxygen atoms in total. The van der Waals surface area contributed by atoms with Crippen LogP contribution in [0.15, 0.2) is 48.5 Å². The number of ether oxygens (including phenoxy) is 2. The molecule has 0 aliphatic heterocycles. The standard InChI is InChI=1S/C16H17NO3/c1-19-11-12-5-3-7-14(9-12)17-16(18)13-6-4-8-15(10-13)20-2/h3-10H,11H2,1-2H3,(H,17,18). The first-order chi connectivity index (χ1) is 9.72. The second-order valence-corrected chi connectivity index (χ2v) is 4.32. The molecule has 104 valence electrons. The summed E-state index contributed by atoms with van der Waals surface area (Å²) in [6.45, 7) is 0.517. The van der Waals surface area contributed by atoms with E-state index in [1.807, 2.05) is 24.3 Å². The van der Waals surface area contributed by atoms with Crippen molar-refractivity contribution in [1.29, 1.82) is 0 Å². The molecule has 0 unspecified atom stereocenters. The number of rotatable bonds is 5. The Morgan fingerprint density at radius 2 is 1.90 bits per heavy atom. The molecular weight excluding hydrogens is 254 g/mol. The lowest BCUT2D eigenvalue weighted by Crippen LogP contribution is -2.12. The van der Waals surface area contributed by atoms with E-state index in [-0.39, 0.29) is 5.91 Å². The Hall–Kier alpha value is -2.33. The molecule has 2 rings (SSSR count). The Bertz CT molecular complexity index is 596. The molecule has 1 amide bonds. The summed E-state index contributed by atoms with van der Waals surface area (Å²) in [5.41, 5.74) is 2.31. The summed E-state index contributed by atoms with van der Waals surface area (Å²) in [7, 11) is 3.22. The van der Waals surface area contributed by atoms with Crippen LogP contribution in [0, 0.1) is 0 Å². The van der Waals surface area contributed by atoms with Gasteiger partial charge in [-0.1, -0.05) is 18.2 Å². The number of hydrogen-bond acceptors (Lipinski definition) is 3. The van der Waals surface area contributed by atoms with Gasteiger partial charge in [-0.3, -0.25) is 4.79 Å². The van der Waals surface area contributed by atoms with Crippen molar-refractivity contribution < 1.29 is 14.3 Å². The van der Waals surface area contributed by atoms with Crippen molar-refractivity contribution in [2.75, 3.05) is 19.5 Å². The van der Waals surface area contributed by atoms with Crippen LogP contribution in [0.2, 0.25) is 0 Å². The van der Waals surface area contributed by atoms with Crippen molar-refractivity contribution in [1.82, 2.24) is 0 Å². The lowest BCUT2D eigenvalue weighted by molar-refractivity contribution is 0.102. The maximum absolute atomic E-state index is 12.2. The highest BCUT2D eigenvalue weighted by molar-refractivity contribution is 6.04. The van der Waals surface area contributed by atoms with Gasteiger partial charge in [-0.2, -0.15) is 0 Å². The first-order valence-corrected chi connectivity index (χ1v) is 6.26. The van der Waals surface area contributed by atoms with Crippen LogP contribution in [-0.2, 0) is 11.3 Å². The van der Waals surface area contributed by atoms with Crippen molar-refractivity contribution in [3.05, 3.63) is 59.7 Å². The molecule has 0 saturated carbocycles. The maximum Gasteiger partial charge on any atom is 0.255 e. The minimum absolute atomic E-state index is 0.168. The molecule has 4 heteroatoms. The van der Waals surface area contributed by atoms with Gasteiger partial charge in [0.2, 0.25) is 0 Å². The Morgan fingerprint density at radius 1 is 1.10 bits per heavy atom. The number of nitrogens with one attached hydrogen (secondary N) is 1. The predicted octanol–water partition coefficient (Wildman–Crippen LogP) is 3.09. The van der Waals surface area contributed by atoms with E-state index >= 15 is 0 Å². The molecule has 0 heterocycles. The third-order valence-corrected chi connectivity index (χ3v) is 2.83. The lowest BCUT2D eigenvalue weighted by Gasteiger charge is -2.08. The molecule has 0 aliphatic carbocycles. The molecule has 2 aromatic rings. The first kappa shape index (κ1) is 14.1. The quantitative estimate of drug-likeness (QED) is 0.909. The minimum Gasteiger partial charge on any atom is -0.497 e. The van der Waals surface area contributed by atoms with Gasteiger partial charge in [0.25, 0.3) is 5.91 Å². The van der Waals surface area contributed by atoms with E-state index in [9.17, 15) is 4.79 Å². The van der Waals surface area contributed by atoms with Gasteiger partial charge >= 0.3 is 0 Å². The monoisotopic (exact) mass is 271 g/mol. The minimum atomic E-state index is -0.168. The zero-order valence-corrected chi connectivity index (χ0v) is 11.6. The van der Waals surface area contributed by atoms with Crippen LogP contribution in [0.4, 0.5) is 5.69 Å². The number of carbonyl (C=O) groups is 1. The fourth-order valence-corrected chi connectivity index (χ4v) is 1.87. The van der Waals surface area contributed by atoms with Crippen LogP contribution < -0.4 is 10.1 Å². The summed E-state index contributed by atoms with van der Waals surface area (Å²) in [6.07, 6.45) is 0. The fourth-order valence-electron chi connectivity index (χ4n) is 1.87. The highest BCUT2D eigenvalue weighted by Crippen LogP contribution is 2.16. The third-order valence-electron chi connectivity index (χ3n) is 2.83. The molecule has 0 bridgehead atoms. The molecule has 1 N–H and O–H groups in total. The fraction of sp³-hybridized carbons (Fsp3) is 0.188. The highest BCUT2D eigenvalue weighted by atomic mass is 16.5. The predicted molar refractivity (Wildman–Crippen MR) is 78.1 cm³/mol. The number of carbonyl (C=O) groups excluding carboxylic acids is 1. The molecule has 0 fully saturated rings. The summed E-state index contributed by atoms with van der Waals surface area (Å²) in [6, 6.07) is 14.6. The molecular formula is C16H17NO3. The van der Waals surface area contributed by atoms with Crippen LogP contribution in [-0.4, -0.2) is 20.1 Å². The summed E-state index contributed by atoms with van der Waals surface area (Å²) in [4.78, 5) is 12.2. The second-order valence-electron chi connectivity index (χ2n) is 4.32. The summed E-state index contributed by atoms with van der Waals surface area (Å²) in [5, 5.41) is 2.86. The SMILES string of the molecule is COCc1cccc(NC(=O)c2cccc(OC)c2)c1. The molecule has 0 aromatic heterocycles. The summed E-state index contributed by atoms with van der Waals surface area (Å²) in [5.74, 6) is 0.490. The Labute approximate surface area is 118 Å².